The number of rotatable bonds is 0. The minimum atomic E-state index is -4.83. The fourth-order valence-electron chi connectivity index (χ4n) is 1.91. The van der Waals surface area contributed by atoms with Crippen molar-refractivity contribution in [1.82, 2.24) is 0 Å². The highest BCUT2D eigenvalue weighted by Crippen LogP contribution is 2.52. The second-order valence-electron chi connectivity index (χ2n) is 3.56. The second-order valence-corrected chi connectivity index (χ2v) is 4.42. The molecule has 5 heteroatoms. The molecule has 1 aromatic carbocycles. The summed E-state index contributed by atoms with van der Waals surface area (Å²) in [5.41, 5.74) is -2.99. The van der Waals surface area contributed by atoms with Gasteiger partial charge < -0.3 is 0 Å². The minimum absolute atomic E-state index is 0.118. The summed E-state index contributed by atoms with van der Waals surface area (Å²) in [5, 5.41) is 0. The van der Waals surface area contributed by atoms with E-state index in [1.165, 1.54) is 12.1 Å². The van der Waals surface area contributed by atoms with Gasteiger partial charge in [-0.15, -0.1) is 0 Å². The molecule has 0 amide bonds. The maximum atomic E-state index is 13.8. The van der Waals surface area contributed by atoms with Gasteiger partial charge in [0.1, 0.15) is 0 Å². The first-order chi connectivity index (χ1) is 6.86. The van der Waals surface area contributed by atoms with E-state index >= 15 is 0 Å². The van der Waals surface area contributed by atoms with Gasteiger partial charge in [0.15, 0.2) is 0 Å². The van der Waals surface area contributed by atoms with E-state index in [9.17, 15) is 17.6 Å². The second kappa shape index (κ2) is 3.20. The van der Waals surface area contributed by atoms with Gasteiger partial charge in [-0.2, -0.15) is 13.2 Å². The molecule has 2 rings (SSSR count). The molecule has 1 aliphatic rings. The summed E-state index contributed by atoms with van der Waals surface area (Å²) in [4.78, 5) is 0. The molecule has 1 unspecified atom stereocenters. The van der Waals surface area contributed by atoms with Crippen molar-refractivity contribution in [3.63, 3.8) is 0 Å². The zero-order valence-corrected chi connectivity index (χ0v) is 9.12. The van der Waals surface area contributed by atoms with E-state index in [0.29, 0.717) is 10.0 Å². The highest BCUT2D eigenvalue weighted by atomic mass is 79.9. The topological polar surface area (TPSA) is 0 Å². The van der Waals surface area contributed by atoms with E-state index in [0.717, 1.165) is 0 Å². The Hall–Kier alpha value is -0.580. The largest absolute Gasteiger partial charge is 0.426 e. The van der Waals surface area contributed by atoms with Crippen LogP contribution in [0.2, 0.25) is 0 Å². The fourth-order valence-corrected chi connectivity index (χ4v) is 2.47. The zero-order valence-electron chi connectivity index (χ0n) is 7.54. The van der Waals surface area contributed by atoms with Gasteiger partial charge in [-0.3, -0.25) is 0 Å². The van der Waals surface area contributed by atoms with E-state index in [-0.39, 0.29) is 12.0 Å². The Labute approximate surface area is 92.4 Å². The average molecular weight is 283 g/mol. The van der Waals surface area contributed by atoms with Crippen molar-refractivity contribution in [2.45, 2.75) is 24.7 Å². The first kappa shape index (κ1) is 10.9. The smallest absolute Gasteiger partial charge is 0.229 e. The lowest BCUT2D eigenvalue weighted by Crippen LogP contribution is -2.35. The Morgan fingerprint density at radius 2 is 1.93 bits per heavy atom. The average Bonchev–Trinajstić information content (AvgIpc) is 2.46. The maximum Gasteiger partial charge on any atom is 0.426 e. The van der Waals surface area contributed by atoms with Crippen LogP contribution in [-0.4, -0.2) is 6.18 Å². The number of hydrogen-bond donors (Lipinski definition) is 0. The lowest BCUT2D eigenvalue weighted by atomic mass is 9.97. The molecule has 82 valence electrons. The third kappa shape index (κ3) is 1.48. The van der Waals surface area contributed by atoms with E-state index in [1.807, 2.05) is 0 Å². The first-order valence-electron chi connectivity index (χ1n) is 4.40. The summed E-state index contributed by atoms with van der Waals surface area (Å²) >= 11 is 3.13. The van der Waals surface area contributed by atoms with Crippen LogP contribution in [0, 0.1) is 0 Å². The third-order valence-corrected chi connectivity index (χ3v) is 3.46. The summed E-state index contributed by atoms with van der Waals surface area (Å²) in [6, 6.07) is 4.26. The fraction of sp³-hybridized carbons (Fsp3) is 0.400. The van der Waals surface area contributed by atoms with Crippen LogP contribution in [-0.2, 0) is 12.1 Å². The number of halogens is 5. The van der Waals surface area contributed by atoms with Gasteiger partial charge in [0.05, 0.1) is 0 Å². The number of fused-ring (bicyclic) bond motifs is 1. The molecule has 15 heavy (non-hydrogen) atoms. The van der Waals surface area contributed by atoms with Gasteiger partial charge in [0.25, 0.3) is 0 Å². The zero-order chi connectivity index (χ0) is 11.3. The van der Waals surface area contributed by atoms with Gasteiger partial charge in [0, 0.05) is 10.0 Å². The highest BCUT2D eigenvalue weighted by molar-refractivity contribution is 9.10. The molecule has 0 nitrogen and oxygen atoms in total. The van der Waals surface area contributed by atoms with Gasteiger partial charge >= 0.3 is 6.18 Å². The van der Waals surface area contributed by atoms with Crippen molar-refractivity contribution in [2.24, 2.45) is 0 Å². The monoisotopic (exact) mass is 282 g/mol. The van der Waals surface area contributed by atoms with Crippen LogP contribution in [0.5, 0.6) is 0 Å². The van der Waals surface area contributed by atoms with E-state index in [1.54, 1.807) is 6.07 Å². The molecule has 0 spiro atoms. The van der Waals surface area contributed by atoms with Crippen molar-refractivity contribution in [3.8, 4) is 0 Å². The molecule has 0 bridgehead atoms. The van der Waals surface area contributed by atoms with Crippen molar-refractivity contribution >= 4 is 15.9 Å². The van der Waals surface area contributed by atoms with E-state index in [4.69, 9.17) is 0 Å². The summed E-state index contributed by atoms with van der Waals surface area (Å²) in [6.45, 7) is 0. The van der Waals surface area contributed by atoms with Crippen molar-refractivity contribution in [3.05, 3.63) is 33.8 Å². The predicted molar refractivity (Wildman–Crippen MR) is 51.3 cm³/mol. The van der Waals surface area contributed by atoms with Crippen LogP contribution in [0.15, 0.2) is 22.7 Å². The molecule has 0 saturated carbocycles. The van der Waals surface area contributed by atoms with Gasteiger partial charge in [-0.25, -0.2) is 4.39 Å². The lowest BCUT2D eigenvalue weighted by Gasteiger charge is -2.24. The van der Waals surface area contributed by atoms with Crippen molar-refractivity contribution < 1.29 is 17.6 Å². The van der Waals surface area contributed by atoms with E-state index in [2.05, 4.69) is 15.9 Å². The normalized spacial score (nSPS) is 25.4. The summed E-state index contributed by atoms with van der Waals surface area (Å²) < 4.78 is 52.1. The van der Waals surface area contributed by atoms with Crippen LogP contribution in [0.25, 0.3) is 0 Å². The summed E-state index contributed by atoms with van der Waals surface area (Å²) in [5.74, 6) is 0. The summed E-state index contributed by atoms with van der Waals surface area (Å²) in [7, 11) is 0. The molecule has 0 N–H and O–H groups in total. The van der Waals surface area contributed by atoms with Crippen molar-refractivity contribution in [1.29, 1.82) is 0 Å². The molecular weight excluding hydrogens is 276 g/mol. The Balaban J connectivity index is 2.58. The Bertz CT molecular complexity index is 399. The molecule has 0 saturated heterocycles. The number of benzene rings is 1. The molecule has 1 aliphatic carbocycles. The Kier molecular flexibility index (Phi) is 2.33. The van der Waals surface area contributed by atoms with Crippen LogP contribution >= 0.6 is 15.9 Å². The quantitative estimate of drug-likeness (QED) is 0.628. The third-order valence-electron chi connectivity index (χ3n) is 2.71. The Morgan fingerprint density at radius 3 is 2.53 bits per heavy atom. The standard InChI is InChI=1S/C10H7BrF4/c11-8-3-1-2-7-6(8)4-5-9(7,12)10(13,14)15/h1-3H,4-5H2. The molecule has 0 aromatic heterocycles. The minimum Gasteiger partial charge on any atom is -0.229 e. The molecule has 0 radical (unpaired) electrons. The van der Waals surface area contributed by atoms with Gasteiger partial charge in [-0.05, 0) is 24.5 Å². The van der Waals surface area contributed by atoms with Crippen LogP contribution in [0.4, 0.5) is 17.6 Å². The molecule has 0 aliphatic heterocycles. The van der Waals surface area contributed by atoms with Gasteiger partial charge in [0.2, 0.25) is 5.67 Å². The number of hydrogen-bond acceptors (Lipinski definition) is 0. The lowest BCUT2D eigenvalue weighted by molar-refractivity contribution is -0.234. The van der Waals surface area contributed by atoms with Crippen LogP contribution < -0.4 is 0 Å². The van der Waals surface area contributed by atoms with Crippen LogP contribution in [0.1, 0.15) is 17.5 Å². The number of alkyl halides is 4. The van der Waals surface area contributed by atoms with Crippen LogP contribution in [0.3, 0.4) is 0 Å². The van der Waals surface area contributed by atoms with Gasteiger partial charge in [-0.1, -0.05) is 28.1 Å². The molecule has 1 atom stereocenters. The Morgan fingerprint density at radius 1 is 1.27 bits per heavy atom. The molecule has 1 aromatic rings. The molecule has 0 fully saturated rings. The molecule has 0 heterocycles. The molecular formula is C10H7BrF4. The highest BCUT2D eigenvalue weighted by Gasteiger charge is 2.60. The predicted octanol–water partition coefficient (Wildman–Crippen LogP) is 4.12. The van der Waals surface area contributed by atoms with Crippen molar-refractivity contribution in [2.75, 3.05) is 0 Å². The first-order valence-corrected chi connectivity index (χ1v) is 5.19. The SMILES string of the molecule is FC(F)(F)C1(F)CCc2c(Br)cccc21. The van der Waals surface area contributed by atoms with E-state index < -0.39 is 18.3 Å². The summed E-state index contributed by atoms with van der Waals surface area (Å²) in [6.07, 6.45) is -5.24. The maximum absolute atomic E-state index is 13.8.